The van der Waals surface area contributed by atoms with Gasteiger partial charge >= 0.3 is 12.1 Å². The van der Waals surface area contributed by atoms with Crippen LogP contribution in [0.5, 0.6) is 0 Å². The zero-order valence-corrected chi connectivity index (χ0v) is 10.0. The number of anilines is 1. The van der Waals surface area contributed by atoms with Crippen LogP contribution in [0.25, 0.3) is 0 Å². The molecule has 0 saturated carbocycles. The molecule has 0 radical (unpaired) electrons. The van der Waals surface area contributed by atoms with Crippen molar-refractivity contribution in [3.05, 3.63) is 29.3 Å². The van der Waals surface area contributed by atoms with E-state index in [0.29, 0.717) is 0 Å². The van der Waals surface area contributed by atoms with Crippen molar-refractivity contribution in [2.45, 2.75) is 20.0 Å². The van der Waals surface area contributed by atoms with Crippen molar-refractivity contribution in [3.8, 4) is 0 Å². The number of benzene rings is 1. The summed E-state index contributed by atoms with van der Waals surface area (Å²) in [5.74, 6) is -0.570. The fourth-order valence-electron chi connectivity index (χ4n) is 1.25. The first-order chi connectivity index (χ1) is 8.21. The lowest BCUT2D eigenvalue weighted by Gasteiger charge is -2.11. The van der Waals surface area contributed by atoms with E-state index in [1.165, 1.54) is 0 Å². The molecule has 0 fully saturated rings. The highest BCUT2D eigenvalue weighted by Crippen LogP contribution is 2.31. The second-order valence-electron chi connectivity index (χ2n) is 4.29. The molecular formula is C12H14F3NO2. The Bertz CT molecular complexity index is 441. The smallest absolute Gasteiger partial charge is 0.416 e. The number of halogens is 3. The van der Waals surface area contributed by atoms with Crippen LogP contribution >= 0.6 is 0 Å². The molecule has 0 aliphatic rings. The van der Waals surface area contributed by atoms with E-state index in [1.807, 2.05) is 13.8 Å². The first-order valence-electron chi connectivity index (χ1n) is 5.35. The molecule has 0 spiro atoms. The molecule has 1 aromatic carbocycles. The minimum Gasteiger partial charge on any atom is -0.462 e. The summed E-state index contributed by atoms with van der Waals surface area (Å²) in [6.45, 7) is 3.89. The Balaban J connectivity index is 2.89. The van der Waals surface area contributed by atoms with Crippen LogP contribution in [-0.4, -0.2) is 12.6 Å². The monoisotopic (exact) mass is 261 g/mol. The van der Waals surface area contributed by atoms with E-state index in [-0.39, 0.29) is 23.8 Å². The van der Waals surface area contributed by atoms with Crippen molar-refractivity contribution >= 4 is 11.7 Å². The van der Waals surface area contributed by atoms with Gasteiger partial charge in [0.15, 0.2) is 0 Å². The van der Waals surface area contributed by atoms with Gasteiger partial charge in [0.1, 0.15) is 0 Å². The molecule has 0 aliphatic heterocycles. The Kier molecular flexibility index (Phi) is 4.21. The number of nitrogens with two attached hydrogens (primary N) is 1. The Morgan fingerprint density at radius 1 is 1.39 bits per heavy atom. The van der Waals surface area contributed by atoms with Crippen molar-refractivity contribution in [1.82, 2.24) is 0 Å². The predicted octanol–water partition coefficient (Wildman–Crippen LogP) is 3.10. The topological polar surface area (TPSA) is 52.3 Å². The van der Waals surface area contributed by atoms with E-state index < -0.39 is 17.7 Å². The van der Waals surface area contributed by atoms with Crippen molar-refractivity contribution in [3.63, 3.8) is 0 Å². The maximum absolute atomic E-state index is 12.4. The zero-order chi connectivity index (χ0) is 13.9. The molecule has 0 unspecified atom stereocenters. The molecule has 18 heavy (non-hydrogen) atoms. The fourth-order valence-corrected chi connectivity index (χ4v) is 1.25. The SMILES string of the molecule is CC(C)COC(=O)c1ccc(C(F)(F)F)cc1N. The summed E-state index contributed by atoms with van der Waals surface area (Å²) in [6, 6.07) is 2.56. The summed E-state index contributed by atoms with van der Waals surface area (Å²) >= 11 is 0. The van der Waals surface area contributed by atoms with Crippen LogP contribution in [0.4, 0.5) is 18.9 Å². The lowest BCUT2D eigenvalue weighted by molar-refractivity contribution is -0.137. The van der Waals surface area contributed by atoms with Crippen LogP contribution in [0.15, 0.2) is 18.2 Å². The summed E-state index contributed by atoms with van der Waals surface area (Å²) in [7, 11) is 0. The van der Waals surface area contributed by atoms with Gasteiger partial charge in [0.05, 0.1) is 17.7 Å². The van der Waals surface area contributed by atoms with E-state index >= 15 is 0 Å². The van der Waals surface area contributed by atoms with E-state index in [2.05, 4.69) is 0 Å². The molecule has 1 aromatic rings. The van der Waals surface area contributed by atoms with Gasteiger partial charge in [0, 0.05) is 5.69 Å². The summed E-state index contributed by atoms with van der Waals surface area (Å²) in [6.07, 6.45) is -4.48. The van der Waals surface area contributed by atoms with Crippen molar-refractivity contribution in [2.24, 2.45) is 5.92 Å². The molecule has 3 nitrogen and oxygen atoms in total. The average molecular weight is 261 g/mol. The fraction of sp³-hybridized carbons (Fsp3) is 0.417. The van der Waals surface area contributed by atoms with Gasteiger partial charge in [-0.2, -0.15) is 13.2 Å². The van der Waals surface area contributed by atoms with E-state index in [1.54, 1.807) is 0 Å². The number of esters is 1. The molecule has 6 heteroatoms. The molecule has 0 amide bonds. The normalized spacial score (nSPS) is 11.7. The Hall–Kier alpha value is -1.72. The molecule has 0 heterocycles. The van der Waals surface area contributed by atoms with E-state index in [9.17, 15) is 18.0 Å². The first kappa shape index (κ1) is 14.3. The number of carbonyl (C=O) groups excluding carboxylic acids is 1. The second-order valence-corrected chi connectivity index (χ2v) is 4.29. The van der Waals surface area contributed by atoms with Gasteiger partial charge in [-0.05, 0) is 24.1 Å². The minimum atomic E-state index is -4.48. The highest BCUT2D eigenvalue weighted by Gasteiger charge is 2.31. The number of hydrogen-bond acceptors (Lipinski definition) is 3. The van der Waals surface area contributed by atoms with Gasteiger partial charge < -0.3 is 10.5 Å². The maximum atomic E-state index is 12.4. The predicted molar refractivity (Wildman–Crippen MR) is 61.0 cm³/mol. The highest BCUT2D eigenvalue weighted by molar-refractivity contribution is 5.95. The van der Waals surface area contributed by atoms with Crippen molar-refractivity contribution in [1.29, 1.82) is 0 Å². The standard InChI is InChI=1S/C12H14F3NO2/c1-7(2)6-18-11(17)9-4-3-8(5-10(9)16)12(13,14)15/h3-5,7H,6,16H2,1-2H3. The molecule has 100 valence electrons. The van der Waals surface area contributed by atoms with E-state index in [0.717, 1.165) is 18.2 Å². The Morgan fingerprint density at radius 2 is 2.00 bits per heavy atom. The van der Waals surface area contributed by atoms with Gasteiger partial charge in [-0.1, -0.05) is 13.8 Å². The summed E-state index contributed by atoms with van der Waals surface area (Å²) in [5, 5.41) is 0. The molecule has 0 aliphatic carbocycles. The third kappa shape index (κ3) is 3.65. The Labute approximate surface area is 103 Å². The van der Waals surface area contributed by atoms with Crippen LogP contribution in [0, 0.1) is 5.92 Å². The largest absolute Gasteiger partial charge is 0.462 e. The third-order valence-corrected chi connectivity index (χ3v) is 2.15. The molecule has 0 saturated heterocycles. The van der Waals surface area contributed by atoms with Gasteiger partial charge in [0.25, 0.3) is 0 Å². The average Bonchev–Trinajstić information content (AvgIpc) is 2.24. The molecule has 1 rings (SSSR count). The van der Waals surface area contributed by atoms with Gasteiger partial charge in [-0.15, -0.1) is 0 Å². The Morgan fingerprint density at radius 3 is 2.44 bits per heavy atom. The number of nitrogen functional groups attached to an aromatic ring is 1. The van der Waals surface area contributed by atoms with Crippen LogP contribution in [-0.2, 0) is 10.9 Å². The molecule has 2 N–H and O–H groups in total. The van der Waals surface area contributed by atoms with Gasteiger partial charge in [-0.3, -0.25) is 0 Å². The van der Waals surface area contributed by atoms with Crippen LogP contribution in [0.2, 0.25) is 0 Å². The number of carbonyl (C=O) groups is 1. The number of alkyl halides is 3. The van der Waals surface area contributed by atoms with Crippen LogP contribution in [0.3, 0.4) is 0 Å². The highest BCUT2D eigenvalue weighted by atomic mass is 19.4. The van der Waals surface area contributed by atoms with Gasteiger partial charge in [-0.25, -0.2) is 4.79 Å². The summed E-state index contributed by atoms with van der Waals surface area (Å²) in [5.41, 5.74) is 4.25. The number of rotatable bonds is 3. The number of ether oxygens (including phenoxy) is 1. The zero-order valence-electron chi connectivity index (χ0n) is 10.0. The van der Waals surface area contributed by atoms with Crippen LogP contribution < -0.4 is 5.73 Å². The third-order valence-electron chi connectivity index (χ3n) is 2.15. The van der Waals surface area contributed by atoms with Gasteiger partial charge in [0.2, 0.25) is 0 Å². The lowest BCUT2D eigenvalue weighted by Crippen LogP contribution is -2.13. The minimum absolute atomic E-state index is 0.0522. The molecule has 0 bridgehead atoms. The maximum Gasteiger partial charge on any atom is 0.416 e. The van der Waals surface area contributed by atoms with E-state index in [4.69, 9.17) is 10.5 Å². The molecular weight excluding hydrogens is 247 g/mol. The summed E-state index contributed by atoms with van der Waals surface area (Å²) < 4.78 is 42.0. The molecule has 0 aromatic heterocycles. The summed E-state index contributed by atoms with van der Waals surface area (Å²) in [4.78, 5) is 11.5. The van der Waals surface area contributed by atoms with Crippen molar-refractivity contribution < 1.29 is 22.7 Å². The van der Waals surface area contributed by atoms with Crippen molar-refractivity contribution in [2.75, 3.05) is 12.3 Å². The molecule has 0 atom stereocenters. The quantitative estimate of drug-likeness (QED) is 0.672. The number of hydrogen-bond donors (Lipinski definition) is 1. The second kappa shape index (κ2) is 5.29. The first-order valence-corrected chi connectivity index (χ1v) is 5.35. The van der Waals surface area contributed by atoms with Crippen LogP contribution in [0.1, 0.15) is 29.8 Å². The lowest BCUT2D eigenvalue weighted by atomic mass is 10.1.